The highest BCUT2D eigenvalue weighted by Gasteiger charge is 2.19. The van der Waals surface area contributed by atoms with Gasteiger partial charge in [-0.3, -0.25) is 4.79 Å². The number of sulfonamides is 1. The van der Waals surface area contributed by atoms with E-state index in [-0.39, 0.29) is 29.3 Å². The van der Waals surface area contributed by atoms with Crippen LogP contribution in [0.4, 0.5) is 0 Å². The minimum Gasteiger partial charge on any atom is -0.348 e. The highest BCUT2D eigenvalue weighted by atomic mass is 35.5. The topological polar surface area (TPSA) is 101 Å². The molecule has 1 rings (SSSR count). The third-order valence-corrected chi connectivity index (χ3v) is 4.77. The fourth-order valence-corrected chi connectivity index (χ4v) is 2.87. The van der Waals surface area contributed by atoms with Crippen LogP contribution in [-0.4, -0.2) is 27.4 Å². The van der Waals surface area contributed by atoms with Crippen LogP contribution in [0.5, 0.6) is 0 Å². The van der Waals surface area contributed by atoms with Gasteiger partial charge in [-0.1, -0.05) is 26.0 Å². The van der Waals surface area contributed by atoms with Gasteiger partial charge in [-0.05, 0) is 44.0 Å². The number of hydrogen-bond acceptors (Lipinski definition) is 4. The lowest BCUT2D eigenvalue weighted by molar-refractivity contribution is -0.123. The summed E-state index contributed by atoms with van der Waals surface area (Å²) in [5.74, 6) is 0.100. The van der Waals surface area contributed by atoms with Crippen LogP contribution in [0.25, 0.3) is 0 Å². The molecule has 0 heterocycles. The Kier molecular flexibility index (Phi) is 8.76. The molecular weight excluding hydrogens is 338 g/mol. The summed E-state index contributed by atoms with van der Waals surface area (Å²) < 4.78 is 25.9. The summed E-state index contributed by atoms with van der Waals surface area (Å²) >= 11 is 0. The van der Waals surface area contributed by atoms with Crippen LogP contribution in [0.15, 0.2) is 29.2 Å². The van der Waals surface area contributed by atoms with Crippen molar-refractivity contribution in [2.75, 3.05) is 7.05 Å². The molecule has 0 spiro atoms. The molecule has 2 atom stereocenters. The van der Waals surface area contributed by atoms with Crippen molar-refractivity contribution in [2.24, 2.45) is 11.7 Å². The van der Waals surface area contributed by atoms with E-state index in [2.05, 4.69) is 10.0 Å². The number of benzene rings is 1. The van der Waals surface area contributed by atoms with E-state index < -0.39 is 16.1 Å². The minimum absolute atomic E-state index is 0. The molecule has 0 radical (unpaired) electrons. The first kappa shape index (κ1) is 21.9. The van der Waals surface area contributed by atoms with E-state index in [1.807, 2.05) is 13.8 Å². The van der Waals surface area contributed by atoms with Crippen LogP contribution >= 0.6 is 12.4 Å². The Hall–Kier alpha value is -1.15. The van der Waals surface area contributed by atoms with Crippen LogP contribution in [-0.2, 0) is 14.8 Å². The Morgan fingerprint density at radius 1 is 1.26 bits per heavy atom. The molecule has 1 aromatic rings. The number of rotatable bonds is 7. The number of carbonyl (C=O) groups is 1. The van der Waals surface area contributed by atoms with Crippen molar-refractivity contribution in [1.82, 2.24) is 10.0 Å². The van der Waals surface area contributed by atoms with Crippen LogP contribution in [0.2, 0.25) is 0 Å². The molecule has 8 heteroatoms. The van der Waals surface area contributed by atoms with Gasteiger partial charge in [0.15, 0.2) is 0 Å². The molecule has 4 N–H and O–H groups in total. The summed E-state index contributed by atoms with van der Waals surface area (Å²) in [6.07, 6.45) is 0.604. The number of halogens is 1. The maximum absolute atomic E-state index is 12.0. The smallest absolute Gasteiger partial charge is 0.240 e. The molecule has 1 amide bonds. The zero-order valence-corrected chi connectivity index (χ0v) is 15.5. The highest BCUT2D eigenvalue weighted by molar-refractivity contribution is 7.89. The maximum atomic E-state index is 12.0. The van der Waals surface area contributed by atoms with E-state index >= 15 is 0 Å². The molecule has 6 nitrogen and oxygen atoms in total. The van der Waals surface area contributed by atoms with Crippen molar-refractivity contribution >= 4 is 28.3 Å². The molecule has 0 aliphatic carbocycles. The lowest BCUT2D eigenvalue weighted by Gasteiger charge is -2.19. The van der Waals surface area contributed by atoms with E-state index in [1.165, 1.54) is 13.1 Å². The SMILES string of the molecule is CNS(=O)(=O)c1cccc(C(C)NC(=O)[C@@H](N)CC(C)C)c1.Cl. The minimum atomic E-state index is -3.50. The van der Waals surface area contributed by atoms with Gasteiger partial charge in [-0.2, -0.15) is 0 Å². The molecule has 0 aliphatic heterocycles. The molecule has 23 heavy (non-hydrogen) atoms. The fourth-order valence-electron chi connectivity index (χ4n) is 2.09. The lowest BCUT2D eigenvalue weighted by atomic mass is 10.0. The molecular formula is C15H26ClN3O3S. The summed E-state index contributed by atoms with van der Waals surface area (Å²) in [5.41, 5.74) is 6.56. The molecule has 1 unspecified atom stereocenters. The maximum Gasteiger partial charge on any atom is 0.240 e. The van der Waals surface area contributed by atoms with Gasteiger partial charge in [0, 0.05) is 0 Å². The van der Waals surface area contributed by atoms with Crippen LogP contribution < -0.4 is 15.8 Å². The molecule has 132 valence electrons. The number of nitrogens with two attached hydrogens (primary N) is 1. The predicted molar refractivity (Wildman–Crippen MR) is 93.9 cm³/mol. The quantitative estimate of drug-likeness (QED) is 0.684. The van der Waals surface area contributed by atoms with Gasteiger partial charge < -0.3 is 11.1 Å². The third-order valence-electron chi connectivity index (χ3n) is 3.36. The van der Waals surface area contributed by atoms with E-state index in [0.717, 1.165) is 0 Å². The van der Waals surface area contributed by atoms with Gasteiger partial charge in [-0.15, -0.1) is 12.4 Å². The third kappa shape index (κ3) is 6.47. The summed E-state index contributed by atoms with van der Waals surface area (Å²) in [6.45, 7) is 5.80. The van der Waals surface area contributed by atoms with Gasteiger partial charge in [0.25, 0.3) is 0 Å². The van der Waals surface area contributed by atoms with Crippen molar-refractivity contribution in [3.05, 3.63) is 29.8 Å². The molecule has 0 saturated heterocycles. The van der Waals surface area contributed by atoms with Gasteiger partial charge in [0.2, 0.25) is 15.9 Å². The summed E-state index contributed by atoms with van der Waals surface area (Å²) in [6, 6.07) is 5.59. The first-order chi connectivity index (χ1) is 10.2. The number of carbonyl (C=O) groups excluding carboxylic acids is 1. The number of nitrogens with one attached hydrogen (secondary N) is 2. The zero-order chi connectivity index (χ0) is 16.9. The molecule has 0 saturated carbocycles. The van der Waals surface area contributed by atoms with Gasteiger partial charge in [0.05, 0.1) is 17.0 Å². The average molecular weight is 364 g/mol. The summed E-state index contributed by atoms with van der Waals surface area (Å²) in [4.78, 5) is 12.2. The largest absolute Gasteiger partial charge is 0.348 e. The molecule has 1 aromatic carbocycles. The van der Waals surface area contributed by atoms with E-state index in [1.54, 1.807) is 25.1 Å². The van der Waals surface area contributed by atoms with Crippen molar-refractivity contribution in [1.29, 1.82) is 0 Å². The lowest BCUT2D eigenvalue weighted by Crippen LogP contribution is -2.42. The molecule has 0 aromatic heterocycles. The zero-order valence-electron chi connectivity index (χ0n) is 13.9. The Morgan fingerprint density at radius 2 is 1.87 bits per heavy atom. The van der Waals surface area contributed by atoms with Gasteiger partial charge >= 0.3 is 0 Å². The summed E-state index contributed by atoms with van der Waals surface area (Å²) in [7, 11) is -2.14. The first-order valence-corrected chi connectivity index (χ1v) is 8.75. The van der Waals surface area contributed by atoms with E-state index in [4.69, 9.17) is 5.73 Å². The molecule has 0 aliphatic rings. The van der Waals surface area contributed by atoms with Gasteiger partial charge in [0.1, 0.15) is 0 Å². The van der Waals surface area contributed by atoms with Crippen molar-refractivity contribution in [3.8, 4) is 0 Å². The van der Waals surface area contributed by atoms with Crippen LogP contribution in [0, 0.1) is 5.92 Å². The Bertz CT molecular complexity index is 620. The predicted octanol–water partition coefficient (Wildman–Crippen LogP) is 1.57. The van der Waals surface area contributed by atoms with Crippen LogP contribution in [0.1, 0.15) is 38.8 Å². The number of hydrogen-bond donors (Lipinski definition) is 3. The summed E-state index contributed by atoms with van der Waals surface area (Å²) in [5, 5.41) is 2.82. The Morgan fingerprint density at radius 3 is 2.39 bits per heavy atom. The average Bonchev–Trinajstić information content (AvgIpc) is 2.46. The standard InChI is InChI=1S/C15H25N3O3S.ClH/c1-10(2)8-14(16)15(19)18-11(3)12-6-5-7-13(9-12)22(20,21)17-4;/h5-7,9-11,14,17H,8,16H2,1-4H3,(H,18,19);1H/t11?,14-;/m0./s1. The van der Waals surface area contributed by atoms with E-state index in [0.29, 0.717) is 17.9 Å². The van der Waals surface area contributed by atoms with Crippen LogP contribution in [0.3, 0.4) is 0 Å². The Balaban J connectivity index is 0.00000484. The van der Waals surface area contributed by atoms with Gasteiger partial charge in [-0.25, -0.2) is 13.1 Å². The van der Waals surface area contributed by atoms with E-state index in [9.17, 15) is 13.2 Å². The normalized spacial score (nSPS) is 14.0. The molecule has 0 bridgehead atoms. The number of amides is 1. The Labute approximate surface area is 144 Å². The highest BCUT2D eigenvalue weighted by Crippen LogP contribution is 2.17. The second kappa shape index (κ2) is 9.22. The molecule has 0 fully saturated rings. The monoisotopic (exact) mass is 363 g/mol. The van der Waals surface area contributed by atoms with Crippen molar-refractivity contribution in [2.45, 2.75) is 44.2 Å². The van der Waals surface area contributed by atoms with Crippen molar-refractivity contribution < 1.29 is 13.2 Å². The second-order valence-corrected chi connectivity index (χ2v) is 7.63. The van der Waals surface area contributed by atoms with Crippen molar-refractivity contribution in [3.63, 3.8) is 0 Å². The fraction of sp³-hybridized carbons (Fsp3) is 0.533. The first-order valence-electron chi connectivity index (χ1n) is 7.26. The second-order valence-electron chi connectivity index (χ2n) is 5.75.